The molecule has 1 aromatic carbocycles. The highest BCUT2D eigenvalue weighted by Gasteiger charge is 2.11. The molecule has 4 heteroatoms. The Morgan fingerprint density at radius 3 is 2.65 bits per heavy atom. The van der Waals surface area contributed by atoms with Crippen LogP contribution < -0.4 is 4.74 Å². The van der Waals surface area contributed by atoms with Gasteiger partial charge in [0, 0.05) is 5.69 Å². The topological polar surface area (TPSA) is 50.8 Å². The highest BCUT2D eigenvalue weighted by atomic mass is 16.5. The molecule has 0 saturated carbocycles. The van der Waals surface area contributed by atoms with E-state index in [1.807, 2.05) is 29.8 Å². The van der Waals surface area contributed by atoms with Crippen molar-refractivity contribution in [1.82, 2.24) is 9.78 Å². The molecule has 2 rings (SSSR count). The Bertz CT molecular complexity index is 665. The Labute approximate surface area is 119 Å². The molecule has 0 aliphatic rings. The number of hydrogen-bond donors (Lipinski definition) is 0. The van der Waals surface area contributed by atoms with Gasteiger partial charge < -0.3 is 4.74 Å². The Hall–Kier alpha value is -2.28. The predicted octanol–water partition coefficient (Wildman–Crippen LogP) is 2.99. The second-order valence-electron chi connectivity index (χ2n) is 4.81. The largest absolute Gasteiger partial charge is 0.495 e. The summed E-state index contributed by atoms with van der Waals surface area (Å²) in [5, 5.41) is 13.7. The standard InChI is InChI=1S/C16H19N3O/c1-5-15-11(2)18-19(12(15)3)10-13-6-7-16(20-4)14(8-13)9-17/h6-8H,5,10H2,1-4H3. The quantitative estimate of drug-likeness (QED) is 0.857. The lowest BCUT2D eigenvalue weighted by atomic mass is 10.1. The van der Waals surface area contributed by atoms with Crippen LogP contribution in [0.3, 0.4) is 0 Å². The zero-order valence-corrected chi connectivity index (χ0v) is 12.4. The van der Waals surface area contributed by atoms with Crippen molar-refractivity contribution >= 4 is 0 Å². The van der Waals surface area contributed by atoms with E-state index in [4.69, 9.17) is 10.00 Å². The van der Waals surface area contributed by atoms with Gasteiger partial charge in [-0.05, 0) is 43.5 Å². The monoisotopic (exact) mass is 269 g/mol. The minimum atomic E-state index is 0.558. The summed E-state index contributed by atoms with van der Waals surface area (Å²) in [6.07, 6.45) is 0.990. The average molecular weight is 269 g/mol. The molecule has 0 bridgehead atoms. The molecular weight excluding hydrogens is 250 g/mol. The molecule has 0 atom stereocenters. The van der Waals surface area contributed by atoms with Crippen molar-refractivity contribution in [3.05, 3.63) is 46.3 Å². The summed E-state index contributed by atoms with van der Waals surface area (Å²) in [5.74, 6) is 0.610. The third-order valence-electron chi connectivity index (χ3n) is 3.60. The first-order valence-corrected chi connectivity index (χ1v) is 6.70. The van der Waals surface area contributed by atoms with Crippen molar-refractivity contribution in [1.29, 1.82) is 5.26 Å². The summed E-state index contributed by atoms with van der Waals surface area (Å²) >= 11 is 0. The Kier molecular flexibility index (Phi) is 4.09. The molecule has 1 heterocycles. The summed E-state index contributed by atoms with van der Waals surface area (Å²) in [5.41, 5.74) is 5.19. The smallest absolute Gasteiger partial charge is 0.136 e. The molecule has 20 heavy (non-hydrogen) atoms. The van der Waals surface area contributed by atoms with Crippen LogP contribution in [0.25, 0.3) is 0 Å². The number of aromatic nitrogens is 2. The van der Waals surface area contributed by atoms with Crippen LogP contribution in [0.1, 0.15) is 35.0 Å². The molecule has 0 radical (unpaired) electrons. The summed E-state index contributed by atoms with van der Waals surface area (Å²) < 4.78 is 7.16. The van der Waals surface area contributed by atoms with E-state index in [2.05, 4.69) is 25.0 Å². The van der Waals surface area contributed by atoms with Crippen molar-refractivity contribution in [2.45, 2.75) is 33.7 Å². The first kappa shape index (κ1) is 14.1. The van der Waals surface area contributed by atoms with Gasteiger partial charge in [-0.1, -0.05) is 13.0 Å². The number of aryl methyl sites for hydroxylation is 1. The first-order valence-electron chi connectivity index (χ1n) is 6.70. The highest BCUT2D eigenvalue weighted by molar-refractivity contribution is 5.45. The Morgan fingerprint density at radius 1 is 1.35 bits per heavy atom. The van der Waals surface area contributed by atoms with Gasteiger partial charge in [-0.2, -0.15) is 10.4 Å². The van der Waals surface area contributed by atoms with E-state index in [0.29, 0.717) is 17.9 Å². The average Bonchev–Trinajstić information content (AvgIpc) is 2.72. The fourth-order valence-electron chi connectivity index (χ4n) is 2.51. The van der Waals surface area contributed by atoms with E-state index in [9.17, 15) is 0 Å². The van der Waals surface area contributed by atoms with Crippen LogP contribution in [0.15, 0.2) is 18.2 Å². The van der Waals surface area contributed by atoms with Gasteiger partial charge >= 0.3 is 0 Å². The van der Waals surface area contributed by atoms with Crippen molar-refractivity contribution in [3.63, 3.8) is 0 Å². The predicted molar refractivity (Wildman–Crippen MR) is 77.9 cm³/mol. The van der Waals surface area contributed by atoms with Crippen molar-refractivity contribution in [2.24, 2.45) is 0 Å². The third-order valence-corrected chi connectivity index (χ3v) is 3.60. The molecule has 0 N–H and O–H groups in total. The summed E-state index contributed by atoms with van der Waals surface area (Å²) in [4.78, 5) is 0. The number of methoxy groups -OCH3 is 1. The van der Waals surface area contributed by atoms with Gasteiger partial charge in [-0.15, -0.1) is 0 Å². The SMILES string of the molecule is CCc1c(C)nn(Cc2ccc(OC)c(C#N)c2)c1C. The molecule has 4 nitrogen and oxygen atoms in total. The van der Waals surface area contributed by atoms with Gasteiger partial charge in [0.05, 0.1) is 24.9 Å². The summed E-state index contributed by atoms with van der Waals surface area (Å²) in [6.45, 7) is 6.94. The lowest BCUT2D eigenvalue weighted by Gasteiger charge is -2.08. The van der Waals surface area contributed by atoms with Gasteiger partial charge in [0.25, 0.3) is 0 Å². The van der Waals surface area contributed by atoms with Gasteiger partial charge in [-0.3, -0.25) is 4.68 Å². The summed E-state index contributed by atoms with van der Waals surface area (Å²) in [7, 11) is 1.57. The van der Waals surface area contributed by atoms with Gasteiger partial charge in [-0.25, -0.2) is 0 Å². The molecule has 2 aromatic rings. The van der Waals surface area contributed by atoms with Gasteiger partial charge in [0.15, 0.2) is 0 Å². The maximum absolute atomic E-state index is 9.13. The normalized spacial score (nSPS) is 10.3. The van der Waals surface area contributed by atoms with Crippen molar-refractivity contribution < 1.29 is 4.74 Å². The number of ether oxygens (including phenoxy) is 1. The second kappa shape index (κ2) is 5.79. The van der Waals surface area contributed by atoms with Gasteiger partial charge in [0.1, 0.15) is 11.8 Å². The molecular formula is C16H19N3O. The molecule has 0 aliphatic heterocycles. The van der Waals surface area contributed by atoms with E-state index in [-0.39, 0.29) is 0 Å². The molecule has 0 spiro atoms. The third kappa shape index (κ3) is 2.53. The molecule has 0 amide bonds. The minimum Gasteiger partial charge on any atom is -0.495 e. The maximum Gasteiger partial charge on any atom is 0.136 e. The lowest BCUT2D eigenvalue weighted by Crippen LogP contribution is -2.05. The van der Waals surface area contributed by atoms with E-state index >= 15 is 0 Å². The zero-order chi connectivity index (χ0) is 14.7. The van der Waals surface area contributed by atoms with Crippen molar-refractivity contribution in [3.8, 4) is 11.8 Å². The fraction of sp³-hybridized carbons (Fsp3) is 0.375. The van der Waals surface area contributed by atoms with Crippen LogP contribution in [0.5, 0.6) is 5.75 Å². The number of rotatable bonds is 4. The van der Waals surface area contributed by atoms with E-state index < -0.39 is 0 Å². The molecule has 0 unspecified atom stereocenters. The molecule has 0 saturated heterocycles. The van der Waals surface area contributed by atoms with E-state index in [0.717, 1.165) is 17.7 Å². The van der Waals surface area contributed by atoms with Crippen molar-refractivity contribution in [2.75, 3.05) is 7.11 Å². The van der Waals surface area contributed by atoms with Crippen LogP contribution in [-0.2, 0) is 13.0 Å². The van der Waals surface area contributed by atoms with Crippen LogP contribution in [0, 0.1) is 25.2 Å². The molecule has 0 fully saturated rings. The minimum absolute atomic E-state index is 0.558. The number of nitrogens with zero attached hydrogens (tertiary/aromatic N) is 3. The van der Waals surface area contributed by atoms with E-state index in [1.165, 1.54) is 11.3 Å². The van der Waals surface area contributed by atoms with E-state index in [1.54, 1.807) is 7.11 Å². The molecule has 1 aromatic heterocycles. The van der Waals surface area contributed by atoms with Crippen LogP contribution in [0.2, 0.25) is 0 Å². The van der Waals surface area contributed by atoms with Crippen LogP contribution in [0.4, 0.5) is 0 Å². The molecule has 104 valence electrons. The van der Waals surface area contributed by atoms with Gasteiger partial charge in [0.2, 0.25) is 0 Å². The number of nitriles is 1. The highest BCUT2D eigenvalue weighted by Crippen LogP contribution is 2.20. The Balaban J connectivity index is 2.34. The number of hydrogen-bond acceptors (Lipinski definition) is 3. The zero-order valence-electron chi connectivity index (χ0n) is 12.4. The van der Waals surface area contributed by atoms with Crippen LogP contribution in [-0.4, -0.2) is 16.9 Å². The fourth-order valence-corrected chi connectivity index (χ4v) is 2.51. The van der Waals surface area contributed by atoms with Crippen LogP contribution >= 0.6 is 0 Å². The first-order chi connectivity index (χ1) is 9.60. The Morgan fingerprint density at radius 2 is 2.10 bits per heavy atom. The second-order valence-corrected chi connectivity index (χ2v) is 4.81. The number of benzene rings is 1. The summed E-state index contributed by atoms with van der Waals surface area (Å²) in [6, 6.07) is 7.83. The lowest BCUT2D eigenvalue weighted by molar-refractivity contribution is 0.413. The molecule has 0 aliphatic carbocycles. The maximum atomic E-state index is 9.13.